The molecule has 1 aromatic heterocycles. The maximum Gasteiger partial charge on any atom is 0.293 e. The molecule has 5 rings (SSSR count). The van der Waals surface area contributed by atoms with Gasteiger partial charge in [-0.15, -0.1) is 0 Å². The molecule has 34 heavy (non-hydrogen) atoms. The quantitative estimate of drug-likeness (QED) is 0.421. The zero-order chi connectivity index (χ0) is 23.5. The molecule has 0 radical (unpaired) electrons. The van der Waals surface area contributed by atoms with Gasteiger partial charge in [0.05, 0.1) is 41.6 Å². The second-order valence-corrected chi connectivity index (χ2v) is 9.25. The summed E-state index contributed by atoms with van der Waals surface area (Å²) in [4.78, 5) is 32.9. The number of carbonyl (C=O) groups is 1. The van der Waals surface area contributed by atoms with E-state index in [0.29, 0.717) is 37.1 Å². The van der Waals surface area contributed by atoms with Crippen molar-refractivity contribution in [3.63, 3.8) is 0 Å². The van der Waals surface area contributed by atoms with Crippen molar-refractivity contribution in [1.82, 2.24) is 9.88 Å². The highest BCUT2D eigenvalue weighted by atomic mass is 32.1. The van der Waals surface area contributed by atoms with Crippen LogP contribution in [0.2, 0.25) is 0 Å². The fourth-order valence-corrected chi connectivity index (χ4v) is 5.11. The van der Waals surface area contributed by atoms with Gasteiger partial charge in [0.25, 0.3) is 11.6 Å². The monoisotopic (exact) mass is 483 g/mol. The van der Waals surface area contributed by atoms with E-state index in [9.17, 15) is 14.9 Å². The van der Waals surface area contributed by atoms with E-state index in [4.69, 9.17) is 9.47 Å². The first kappa shape index (κ1) is 22.7. The van der Waals surface area contributed by atoms with Gasteiger partial charge in [-0.25, -0.2) is 4.98 Å². The Morgan fingerprint density at radius 2 is 1.79 bits per heavy atom. The lowest BCUT2D eigenvalue weighted by molar-refractivity contribution is -0.384. The summed E-state index contributed by atoms with van der Waals surface area (Å²) in [5, 5.41) is 14.9. The van der Waals surface area contributed by atoms with E-state index in [1.54, 1.807) is 12.1 Å². The molecule has 2 aliphatic heterocycles. The average Bonchev–Trinajstić information content (AvgIpc) is 3.26. The zero-order valence-corrected chi connectivity index (χ0v) is 19.4. The number of thiazole rings is 1. The minimum atomic E-state index is -0.449. The number of hydrogen-bond donors (Lipinski definition) is 1. The smallest absolute Gasteiger partial charge is 0.293 e. The number of amides is 1. The maximum absolute atomic E-state index is 12.9. The lowest BCUT2D eigenvalue weighted by Crippen LogP contribution is -2.36. The van der Waals surface area contributed by atoms with Crippen molar-refractivity contribution in [3.05, 3.63) is 57.6 Å². The minimum Gasteiger partial charge on any atom is -0.379 e. The van der Waals surface area contributed by atoms with Gasteiger partial charge in [-0.3, -0.25) is 25.1 Å². The van der Waals surface area contributed by atoms with Crippen molar-refractivity contribution < 1.29 is 19.2 Å². The molecule has 10 nitrogen and oxygen atoms in total. The first-order valence-corrected chi connectivity index (χ1v) is 12.0. The Kier molecular flexibility index (Phi) is 6.68. The van der Waals surface area contributed by atoms with E-state index < -0.39 is 10.8 Å². The number of nitrogens with zero attached hydrogens (tertiary/aromatic N) is 4. The predicted molar refractivity (Wildman–Crippen MR) is 130 cm³/mol. The minimum absolute atomic E-state index is 0.0911. The van der Waals surface area contributed by atoms with Crippen LogP contribution in [0.15, 0.2) is 36.4 Å². The summed E-state index contributed by atoms with van der Waals surface area (Å²) < 4.78 is 11.7. The number of rotatable bonds is 6. The molecule has 3 heterocycles. The summed E-state index contributed by atoms with van der Waals surface area (Å²) in [6.07, 6.45) is 0. The number of aromatic nitrogens is 1. The van der Waals surface area contributed by atoms with Gasteiger partial charge in [0.1, 0.15) is 5.69 Å². The Morgan fingerprint density at radius 1 is 1.06 bits per heavy atom. The molecule has 0 atom stereocenters. The molecule has 178 valence electrons. The van der Waals surface area contributed by atoms with E-state index in [1.807, 2.05) is 11.0 Å². The molecular formula is C23H25N5O5S. The molecule has 2 saturated heterocycles. The van der Waals surface area contributed by atoms with E-state index in [2.05, 4.69) is 27.3 Å². The average molecular weight is 484 g/mol. The van der Waals surface area contributed by atoms with Crippen LogP contribution in [-0.4, -0.2) is 73.3 Å². The fourth-order valence-electron chi connectivity index (χ4n) is 4.19. The van der Waals surface area contributed by atoms with Crippen LogP contribution in [0.4, 0.5) is 16.5 Å². The van der Waals surface area contributed by atoms with Gasteiger partial charge in [-0.2, -0.15) is 0 Å². The number of fused-ring (bicyclic) bond motifs is 1. The number of benzene rings is 2. The molecule has 1 N–H and O–H groups in total. The summed E-state index contributed by atoms with van der Waals surface area (Å²) in [6.45, 7) is 6.37. The normalized spacial score (nSPS) is 17.1. The van der Waals surface area contributed by atoms with Crippen molar-refractivity contribution in [3.8, 4) is 0 Å². The van der Waals surface area contributed by atoms with Crippen molar-refractivity contribution in [2.75, 3.05) is 62.8 Å². The van der Waals surface area contributed by atoms with Gasteiger partial charge in [-0.1, -0.05) is 17.4 Å². The number of ether oxygens (including phenoxy) is 2. The van der Waals surface area contributed by atoms with E-state index >= 15 is 0 Å². The molecule has 0 saturated carbocycles. The predicted octanol–water partition coefficient (Wildman–Crippen LogP) is 3.13. The second kappa shape index (κ2) is 10.0. The number of nitrogens with one attached hydrogen (secondary N) is 1. The van der Waals surface area contributed by atoms with Crippen LogP contribution >= 0.6 is 11.3 Å². The molecule has 0 aliphatic carbocycles. The summed E-state index contributed by atoms with van der Waals surface area (Å²) in [6, 6.07) is 10.7. The Labute approximate surface area is 200 Å². The molecule has 2 aromatic carbocycles. The van der Waals surface area contributed by atoms with Crippen molar-refractivity contribution in [2.45, 2.75) is 6.54 Å². The van der Waals surface area contributed by atoms with E-state index in [-0.39, 0.29) is 11.3 Å². The van der Waals surface area contributed by atoms with Gasteiger partial charge in [0.15, 0.2) is 5.13 Å². The van der Waals surface area contributed by atoms with E-state index in [1.165, 1.54) is 23.0 Å². The SMILES string of the molecule is O=C(Nc1nc2ccc(CN3CCOCC3)cc2s1)c1ccc(N2CCOCC2)c([N+](=O)[O-])c1. The summed E-state index contributed by atoms with van der Waals surface area (Å²) in [5.41, 5.74) is 2.62. The van der Waals surface area contributed by atoms with Crippen LogP contribution in [-0.2, 0) is 16.0 Å². The Hall–Kier alpha value is -3.12. The first-order chi connectivity index (χ1) is 16.6. The van der Waals surface area contributed by atoms with Crippen molar-refractivity contribution in [2.24, 2.45) is 0 Å². The van der Waals surface area contributed by atoms with Gasteiger partial charge in [-0.05, 0) is 29.8 Å². The van der Waals surface area contributed by atoms with Crippen LogP contribution in [0.5, 0.6) is 0 Å². The van der Waals surface area contributed by atoms with Crippen molar-refractivity contribution in [1.29, 1.82) is 0 Å². The highest BCUT2D eigenvalue weighted by molar-refractivity contribution is 7.22. The second-order valence-electron chi connectivity index (χ2n) is 8.22. The topological polar surface area (TPSA) is 110 Å². The standard InChI is InChI=1S/C23H25N5O5S/c29-22(17-2-4-19(20(14-17)28(30)31)27-7-11-33-12-8-27)25-23-24-18-3-1-16(13-21(18)34-23)15-26-5-9-32-10-6-26/h1-4,13-14H,5-12,15H2,(H,24,25,29). The third-order valence-corrected chi connectivity index (χ3v) is 6.90. The van der Waals surface area contributed by atoms with Gasteiger partial charge in [0, 0.05) is 44.4 Å². The summed E-state index contributed by atoms with van der Waals surface area (Å²) in [7, 11) is 0. The Morgan fingerprint density at radius 3 is 2.53 bits per heavy atom. The van der Waals surface area contributed by atoms with Crippen LogP contribution in [0, 0.1) is 10.1 Å². The maximum atomic E-state index is 12.9. The number of nitro groups is 1. The third kappa shape index (κ3) is 5.02. The van der Waals surface area contributed by atoms with Crippen LogP contribution in [0.3, 0.4) is 0 Å². The van der Waals surface area contributed by atoms with Crippen molar-refractivity contribution >= 4 is 44.0 Å². The first-order valence-electron chi connectivity index (χ1n) is 11.2. The highest BCUT2D eigenvalue weighted by Crippen LogP contribution is 2.31. The molecule has 2 aliphatic rings. The molecule has 0 spiro atoms. The molecule has 3 aromatic rings. The lowest BCUT2D eigenvalue weighted by atomic mass is 10.1. The van der Waals surface area contributed by atoms with Crippen LogP contribution in [0.1, 0.15) is 15.9 Å². The lowest BCUT2D eigenvalue weighted by Gasteiger charge is -2.28. The Bertz CT molecular complexity index is 1200. The molecule has 2 fully saturated rings. The van der Waals surface area contributed by atoms with Gasteiger partial charge < -0.3 is 14.4 Å². The number of anilines is 2. The molecule has 1 amide bonds. The molecule has 0 unspecified atom stereocenters. The van der Waals surface area contributed by atoms with Crippen LogP contribution < -0.4 is 10.2 Å². The molecule has 0 bridgehead atoms. The largest absolute Gasteiger partial charge is 0.379 e. The summed E-state index contributed by atoms with van der Waals surface area (Å²) >= 11 is 1.39. The number of hydrogen-bond acceptors (Lipinski definition) is 9. The van der Waals surface area contributed by atoms with Gasteiger partial charge in [0.2, 0.25) is 0 Å². The highest BCUT2D eigenvalue weighted by Gasteiger charge is 2.24. The molecule has 11 heteroatoms. The Balaban J connectivity index is 1.31. The van der Waals surface area contributed by atoms with Crippen LogP contribution in [0.25, 0.3) is 10.2 Å². The van der Waals surface area contributed by atoms with E-state index in [0.717, 1.165) is 43.1 Å². The number of nitro benzene ring substituents is 1. The van der Waals surface area contributed by atoms with Gasteiger partial charge >= 0.3 is 0 Å². The third-order valence-electron chi connectivity index (χ3n) is 5.97. The fraction of sp³-hybridized carbons (Fsp3) is 0.391. The summed E-state index contributed by atoms with van der Waals surface area (Å²) in [5.74, 6) is -0.427. The zero-order valence-electron chi connectivity index (χ0n) is 18.6. The number of carbonyl (C=O) groups excluding carboxylic acids is 1. The molecular weight excluding hydrogens is 458 g/mol. The number of morpholine rings is 2.